The van der Waals surface area contributed by atoms with Crippen LogP contribution in [0.4, 0.5) is 11.4 Å². The highest BCUT2D eigenvalue weighted by atomic mass is 16.5. The third-order valence-corrected chi connectivity index (χ3v) is 5.84. The molecule has 4 rings (SSSR count). The van der Waals surface area contributed by atoms with Crippen molar-refractivity contribution in [1.82, 2.24) is 0 Å². The van der Waals surface area contributed by atoms with Crippen molar-refractivity contribution in [3.63, 3.8) is 0 Å². The Balaban J connectivity index is 1.88. The van der Waals surface area contributed by atoms with Gasteiger partial charge in [0.15, 0.2) is 0 Å². The van der Waals surface area contributed by atoms with Gasteiger partial charge in [0, 0.05) is 5.69 Å². The van der Waals surface area contributed by atoms with Crippen LogP contribution < -0.4 is 15.0 Å². The first-order valence-electron chi connectivity index (χ1n) is 10.5. The van der Waals surface area contributed by atoms with Crippen LogP contribution in [0.1, 0.15) is 27.8 Å². The maximum Gasteiger partial charge on any atom is 0.282 e. The van der Waals surface area contributed by atoms with E-state index in [1.807, 2.05) is 64.1 Å². The van der Waals surface area contributed by atoms with Crippen molar-refractivity contribution in [2.24, 2.45) is 0 Å². The SMILES string of the molecule is COc1ccccc1N1C(=O)C(Nc2ccc(C)c(C)c2)=C(c2ccc(C)cc2C)C1=O. The first-order chi connectivity index (χ1) is 15.3. The molecule has 0 aliphatic carbocycles. The highest BCUT2D eigenvalue weighted by molar-refractivity contribution is 6.46. The Labute approximate surface area is 188 Å². The van der Waals surface area contributed by atoms with Gasteiger partial charge in [-0.25, -0.2) is 4.90 Å². The molecule has 0 spiro atoms. The second-order valence-corrected chi connectivity index (χ2v) is 8.11. The molecule has 1 aliphatic rings. The van der Waals surface area contributed by atoms with Gasteiger partial charge in [0.1, 0.15) is 11.4 Å². The fraction of sp³-hybridized carbons (Fsp3) is 0.185. The lowest BCUT2D eigenvalue weighted by molar-refractivity contribution is -0.120. The molecule has 1 aliphatic heterocycles. The predicted molar refractivity (Wildman–Crippen MR) is 128 cm³/mol. The Morgan fingerprint density at radius 1 is 0.781 bits per heavy atom. The summed E-state index contributed by atoms with van der Waals surface area (Å²) in [6, 6.07) is 18.8. The number of anilines is 2. The van der Waals surface area contributed by atoms with Crippen LogP contribution in [0.5, 0.6) is 5.75 Å². The van der Waals surface area contributed by atoms with Gasteiger partial charge in [0.05, 0.1) is 18.4 Å². The summed E-state index contributed by atoms with van der Waals surface area (Å²) in [5.74, 6) is -0.327. The molecule has 0 aromatic heterocycles. The van der Waals surface area contributed by atoms with Crippen LogP contribution in [0.25, 0.3) is 5.57 Å². The number of methoxy groups -OCH3 is 1. The zero-order valence-electron chi connectivity index (χ0n) is 18.9. The number of nitrogens with one attached hydrogen (secondary N) is 1. The highest BCUT2D eigenvalue weighted by Crippen LogP contribution is 2.38. The summed E-state index contributed by atoms with van der Waals surface area (Å²) in [5.41, 5.74) is 6.81. The van der Waals surface area contributed by atoms with Crippen molar-refractivity contribution in [2.45, 2.75) is 27.7 Å². The number of imide groups is 1. The van der Waals surface area contributed by atoms with Gasteiger partial charge in [-0.1, -0.05) is 42.0 Å². The Morgan fingerprint density at radius 3 is 2.22 bits per heavy atom. The molecular weight excluding hydrogens is 400 g/mol. The number of benzene rings is 3. The van der Waals surface area contributed by atoms with Crippen LogP contribution in [0, 0.1) is 27.7 Å². The Morgan fingerprint density at radius 2 is 1.53 bits per heavy atom. The molecule has 1 N–H and O–H groups in total. The second kappa shape index (κ2) is 8.35. The van der Waals surface area contributed by atoms with Crippen molar-refractivity contribution >= 4 is 28.8 Å². The molecule has 0 saturated heterocycles. The molecule has 0 radical (unpaired) electrons. The molecule has 0 fully saturated rings. The van der Waals surface area contributed by atoms with Gasteiger partial charge in [0.2, 0.25) is 0 Å². The van der Waals surface area contributed by atoms with Crippen LogP contribution in [-0.2, 0) is 9.59 Å². The van der Waals surface area contributed by atoms with Crippen LogP contribution >= 0.6 is 0 Å². The third-order valence-electron chi connectivity index (χ3n) is 5.84. The molecule has 0 unspecified atom stereocenters. The van der Waals surface area contributed by atoms with Crippen LogP contribution in [0.3, 0.4) is 0 Å². The van der Waals surface area contributed by atoms with Gasteiger partial charge < -0.3 is 10.1 Å². The third kappa shape index (κ3) is 3.66. The van der Waals surface area contributed by atoms with Crippen molar-refractivity contribution < 1.29 is 14.3 Å². The lowest BCUT2D eigenvalue weighted by atomic mass is 9.97. The van der Waals surface area contributed by atoms with Crippen molar-refractivity contribution in [1.29, 1.82) is 0 Å². The molecule has 2 amide bonds. The number of para-hydroxylation sites is 2. The summed E-state index contributed by atoms with van der Waals surface area (Å²) in [6.45, 7) is 8.00. The van der Waals surface area contributed by atoms with Gasteiger partial charge in [-0.2, -0.15) is 0 Å². The average Bonchev–Trinajstić information content (AvgIpc) is 3.00. The fourth-order valence-corrected chi connectivity index (χ4v) is 3.99. The number of amides is 2. The van der Waals surface area contributed by atoms with E-state index in [-0.39, 0.29) is 11.6 Å². The quantitative estimate of drug-likeness (QED) is 0.561. The number of aryl methyl sites for hydroxylation is 4. The Kier molecular flexibility index (Phi) is 5.57. The zero-order valence-corrected chi connectivity index (χ0v) is 18.9. The minimum atomic E-state index is -0.410. The van der Waals surface area contributed by atoms with Crippen molar-refractivity contribution in [3.05, 3.63) is 94.2 Å². The molecule has 162 valence electrons. The van der Waals surface area contributed by atoms with Gasteiger partial charge >= 0.3 is 0 Å². The van der Waals surface area contributed by atoms with E-state index in [0.717, 1.165) is 33.5 Å². The van der Waals surface area contributed by atoms with E-state index in [9.17, 15) is 9.59 Å². The van der Waals surface area contributed by atoms with Gasteiger partial charge in [0.25, 0.3) is 11.8 Å². The van der Waals surface area contributed by atoms with E-state index in [1.54, 1.807) is 24.3 Å². The molecule has 32 heavy (non-hydrogen) atoms. The number of nitrogens with zero attached hydrogens (tertiary/aromatic N) is 1. The first kappa shape index (κ1) is 21.4. The maximum absolute atomic E-state index is 13.7. The van der Waals surface area contributed by atoms with E-state index >= 15 is 0 Å². The number of rotatable bonds is 5. The lowest BCUT2D eigenvalue weighted by Crippen LogP contribution is -2.32. The number of hydrogen-bond donors (Lipinski definition) is 1. The number of hydrogen-bond acceptors (Lipinski definition) is 4. The highest BCUT2D eigenvalue weighted by Gasteiger charge is 2.41. The van der Waals surface area contributed by atoms with Crippen molar-refractivity contribution in [3.8, 4) is 5.75 Å². The van der Waals surface area contributed by atoms with Gasteiger partial charge in [-0.3, -0.25) is 9.59 Å². The number of carbonyl (C=O) groups is 2. The monoisotopic (exact) mass is 426 g/mol. The van der Waals surface area contributed by atoms with Crippen molar-refractivity contribution in [2.75, 3.05) is 17.3 Å². The van der Waals surface area contributed by atoms with Crippen LogP contribution in [0.15, 0.2) is 66.4 Å². The average molecular weight is 427 g/mol. The largest absolute Gasteiger partial charge is 0.495 e. The molecule has 3 aromatic rings. The summed E-state index contributed by atoms with van der Waals surface area (Å²) >= 11 is 0. The molecule has 5 nitrogen and oxygen atoms in total. The summed E-state index contributed by atoms with van der Waals surface area (Å²) in [6.07, 6.45) is 0. The molecule has 0 bridgehead atoms. The molecule has 5 heteroatoms. The minimum absolute atomic E-state index is 0.260. The zero-order chi connectivity index (χ0) is 23.0. The summed E-state index contributed by atoms with van der Waals surface area (Å²) in [5, 5.41) is 3.24. The smallest absolute Gasteiger partial charge is 0.282 e. The normalized spacial score (nSPS) is 13.7. The molecular formula is C27H26N2O3. The predicted octanol–water partition coefficient (Wildman–Crippen LogP) is 5.33. The number of ether oxygens (including phenoxy) is 1. The molecule has 0 atom stereocenters. The van der Waals surface area contributed by atoms with Crippen LogP contribution in [0.2, 0.25) is 0 Å². The van der Waals surface area contributed by atoms with E-state index < -0.39 is 5.91 Å². The second-order valence-electron chi connectivity index (χ2n) is 8.11. The van der Waals surface area contributed by atoms with E-state index in [4.69, 9.17) is 4.74 Å². The van der Waals surface area contributed by atoms with E-state index in [0.29, 0.717) is 17.0 Å². The van der Waals surface area contributed by atoms with E-state index in [2.05, 4.69) is 5.32 Å². The topological polar surface area (TPSA) is 58.6 Å². The summed E-state index contributed by atoms with van der Waals surface area (Å²) < 4.78 is 5.43. The van der Waals surface area contributed by atoms with Gasteiger partial charge in [-0.05, 0) is 74.2 Å². The molecule has 1 heterocycles. The minimum Gasteiger partial charge on any atom is -0.495 e. The van der Waals surface area contributed by atoms with Crippen LogP contribution in [-0.4, -0.2) is 18.9 Å². The lowest BCUT2D eigenvalue weighted by Gasteiger charge is -2.18. The maximum atomic E-state index is 13.7. The van der Waals surface area contributed by atoms with E-state index in [1.165, 1.54) is 12.0 Å². The van der Waals surface area contributed by atoms with Gasteiger partial charge in [-0.15, -0.1) is 0 Å². The Bertz CT molecular complexity index is 1270. The standard InChI is InChI=1S/C27H26N2O3/c1-16-10-13-21(19(4)14-16)24-25(28-20-12-11-17(2)18(3)15-20)27(31)29(26(24)30)22-8-6-7-9-23(22)32-5/h6-15,28H,1-5H3. The summed E-state index contributed by atoms with van der Waals surface area (Å²) in [4.78, 5) is 28.5. The number of carbonyl (C=O) groups excluding carboxylic acids is 2. The molecule has 3 aromatic carbocycles. The Hall–Kier alpha value is -3.86. The molecule has 0 saturated carbocycles. The fourth-order valence-electron chi connectivity index (χ4n) is 3.99. The summed E-state index contributed by atoms with van der Waals surface area (Å²) in [7, 11) is 1.52. The first-order valence-corrected chi connectivity index (χ1v) is 10.5.